The summed E-state index contributed by atoms with van der Waals surface area (Å²) in [5.41, 5.74) is 0.0257. The minimum atomic E-state index is -1.07. The van der Waals surface area contributed by atoms with Crippen molar-refractivity contribution < 1.29 is 14.3 Å². The summed E-state index contributed by atoms with van der Waals surface area (Å²) < 4.78 is 5.12. The molecule has 2 rings (SSSR count). The summed E-state index contributed by atoms with van der Waals surface area (Å²) in [7, 11) is 1.60. The summed E-state index contributed by atoms with van der Waals surface area (Å²) in [6.07, 6.45) is 2.75. The van der Waals surface area contributed by atoms with Crippen molar-refractivity contribution in [2.24, 2.45) is 0 Å². The molecule has 0 aliphatic heterocycles. The van der Waals surface area contributed by atoms with Crippen LogP contribution in [0.1, 0.15) is 10.4 Å². The quantitative estimate of drug-likeness (QED) is 0.812. The lowest BCUT2D eigenvalue weighted by molar-refractivity contribution is 0.0697. The van der Waals surface area contributed by atoms with Gasteiger partial charge in [-0.3, -0.25) is 0 Å². The molecule has 0 saturated heterocycles. The van der Waals surface area contributed by atoms with Crippen LogP contribution in [-0.4, -0.2) is 28.1 Å². The molecule has 0 fully saturated rings. The van der Waals surface area contributed by atoms with Crippen molar-refractivity contribution in [1.82, 2.24) is 9.97 Å². The normalized spacial score (nSPS) is 10.1. The fraction of sp³-hybridized carbons (Fsp3) is 0.100. The molecular weight excluding hydrogens is 210 g/mol. The Kier molecular flexibility index (Phi) is 2.55. The Morgan fingerprint density at radius 2 is 2.38 bits per heavy atom. The van der Waals surface area contributed by atoms with Crippen LogP contribution in [0.15, 0.2) is 29.0 Å². The third-order valence-electron chi connectivity index (χ3n) is 2.00. The smallest absolute Gasteiger partial charge is 0.341 e. The van der Waals surface area contributed by atoms with Crippen molar-refractivity contribution in [2.45, 2.75) is 0 Å². The molecule has 0 amide bonds. The first-order valence-electron chi connectivity index (χ1n) is 4.54. The van der Waals surface area contributed by atoms with Crippen molar-refractivity contribution >= 4 is 11.8 Å². The molecule has 2 N–H and O–H groups in total. The molecule has 0 spiro atoms. The highest BCUT2D eigenvalue weighted by atomic mass is 16.4. The van der Waals surface area contributed by atoms with E-state index >= 15 is 0 Å². The van der Waals surface area contributed by atoms with Gasteiger partial charge in [-0.05, 0) is 12.1 Å². The first kappa shape index (κ1) is 10.2. The van der Waals surface area contributed by atoms with Gasteiger partial charge in [0.25, 0.3) is 0 Å². The Labute approximate surface area is 91.0 Å². The van der Waals surface area contributed by atoms with Crippen LogP contribution in [0.5, 0.6) is 0 Å². The minimum Gasteiger partial charge on any atom is -0.477 e. The number of anilines is 1. The van der Waals surface area contributed by atoms with Crippen LogP contribution < -0.4 is 5.32 Å². The lowest BCUT2D eigenvalue weighted by Crippen LogP contribution is -2.06. The zero-order valence-corrected chi connectivity index (χ0v) is 8.47. The number of nitrogens with zero attached hydrogens (tertiary/aromatic N) is 2. The number of aromatic nitrogens is 2. The molecule has 16 heavy (non-hydrogen) atoms. The van der Waals surface area contributed by atoms with Gasteiger partial charge in [0.1, 0.15) is 11.4 Å². The summed E-state index contributed by atoms with van der Waals surface area (Å²) in [5, 5.41) is 11.6. The Hall–Kier alpha value is -2.37. The number of hydrogen-bond acceptors (Lipinski definition) is 5. The van der Waals surface area contributed by atoms with E-state index in [2.05, 4.69) is 15.3 Å². The first-order chi connectivity index (χ1) is 7.72. The lowest BCUT2D eigenvalue weighted by Gasteiger charge is -2.04. The fourth-order valence-electron chi connectivity index (χ4n) is 1.25. The predicted octanol–water partition coefficient (Wildman–Crippen LogP) is 1.48. The molecule has 82 valence electrons. The number of carboxylic acid groups (broad SMARTS) is 1. The van der Waals surface area contributed by atoms with E-state index in [1.807, 2.05) is 0 Å². The third-order valence-corrected chi connectivity index (χ3v) is 2.00. The Balaban J connectivity index is 2.49. The van der Waals surface area contributed by atoms with E-state index < -0.39 is 5.97 Å². The monoisotopic (exact) mass is 219 g/mol. The lowest BCUT2D eigenvalue weighted by atomic mass is 10.3. The molecule has 0 saturated carbocycles. The second-order valence-corrected chi connectivity index (χ2v) is 2.99. The number of carboxylic acids is 1. The van der Waals surface area contributed by atoms with Crippen LogP contribution in [0.3, 0.4) is 0 Å². The van der Waals surface area contributed by atoms with Gasteiger partial charge in [-0.25, -0.2) is 14.8 Å². The van der Waals surface area contributed by atoms with E-state index in [1.165, 1.54) is 12.5 Å². The van der Waals surface area contributed by atoms with Gasteiger partial charge in [0, 0.05) is 13.2 Å². The van der Waals surface area contributed by atoms with Gasteiger partial charge >= 0.3 is 5.97 Å². The average Bonchev–Trinajstić information content (AvgIpc) is 2.81. The number of nitrogens with one attached hydrogen (secondary N) is 1. The van der Waals surface area contributed by atoms with Gasteiger partial charge in [0.15, 0.2) is 11.6 Å². The summed E-state index contributed by atoms with van der Waals surface area (Å²) in [6.45, 7) is 0. The molecule has 0 aliphatic rings. The van der Waals surface area contributed by atoms with E-state index in [4.69, 9.17) is 9.52 Å². The maximum Gasteiger partial charge on any atom is 0.341 e. The van der Waals surface area contributed by atoms with Crippen molar-refractivity contribution in [1.29, 1.82) is 0 Å². The molecule has 6 heteroatoms. The SMILES string of the molecule is CNc1nc(-c2ccco2)ncc1C(=O)O. The van der Waals surface area contributed by atoms with Crippen LogP contribution in [0, 0.1) is 0 Å². The van der Waals surface area contributed by atoms with Gasteiger partial charge in [-0.2, -0.15) is 0 Å². The molecule has 2 aromatic heterocycles. The van der Waals surface area contributed by atoms with E-state index in [0.29, 0.717) is 11.6 Å². The highest BCUT2D eigenvalue weighted by Crippen LogP contribution is 2.19. The van der Waals surface area contributed by atoms with Crippen LogP contribution >= 0.6 is 0 Å². The Morgan fingerprint density at radius 3 is 2.94 bits per heavy atom. The minimum absolute atomic E-state index is 0.0257. The molecule has 0 unspecified atom stereocenters. The van der Waals surface area contributed by atoms with Gasteiger partial charge in [0.05, 0.1) is 6.26 Å². The second-order valence-electron chi connectivity index (χ2n) is 2.99. The van der Waals surface area contributed by atoms with Gasteiger partial charge in [-0.1, -0.05) is 0 Å². The molecular formula is C10H9N3O3. The zero-order valence-electron chi connectivity index (χ0n) is 8.47. The predicted molar refractivity (Wildman–Crippen MR) is 56.2 cm³/mol. The molecule has 0 atom stereocenters. The van der Waals surface area contributed by atoms with Gasteiger partial charge < -0.3 is 14.8 Å². The van der Waals surface area contributed by atoms with Crippen molar-refractivity contribution in [3.05, 3.63) is 30.2 Å². The number of furan rings is 1. The van der Waals surface area contributed by atoms with Gasteiger partial charge in [0.2, 0.25) is 0 Å². The van der Waals surface area contributed by atoms with Crippen LogP contribution in [-0.2, 0) is 0 Å². The molecule has 0 radical (unpaired) electrons. The molecule has 0 aromatic carbocycles. The van der Waals surface area contributed by atoms with Crippen LogP contribution in [0.4, 0.5) is 5.82 Å². The summed E-state index contributed by atoms with van der Waals surface area (Å²) in [4.78, 5) is 18.8. The summed E-state index contributed by atoms with van der Waals surface area (Å²) in [5.74, 6) is 0.0250. The second kappa shape index (κ2) is 4.01. The van der Waals surface area contributed by atoms with E-state index in [9.17, 15) is 4.79 Å². The molecule has 2 aromatic rings. The standard InChI is InChI=1S/C10H9N3O3/c1-11-8-6(10(14)15)5-12-9(13-8)7-3-2-4-16-7/h2-5H,1H3,(H,14,15)(H,11,12,13). The van der Waals surface area contributed by atoms with Crippen molar-refractivity contribution in [2.75, 3.05) is 12.4 Å². The average molecular weight is 219 g/mol. The van der Waals surface area contributed by atoms with E-state index in [-0.39, 0.29) is 11.4 Å². The Bertz CT molecular complexity index is 508. The maximum atomic E-state index is 10.8. The van der Waals surface area contributed by atoms with E-state index in [0.717, 1.165) is 0 Å². The van der Waals surface area contributed by atoms with Crippen molar-refractivity contribution in [3.8, 4) is 11.6 Å². The number of hydrogen-bond donors (Lipinski definition) is 2. The summed E-state index contributed by atoms with van der Waals surface area (Å²) >= 11 is 0. The molecule has 6 nitrogen and oxygen atoms in total. The highest BCUT2D eigenvalue weighted by molar-refractivity contribution is 5.92. The number of carbonyl (C=O) groups is 1. The van der Waals surface area contributed by atoms with Crippen LogP contribution in [0.25, 0.3) is 11.6 Å². The van der Waals surface area contributed by atoms with E-state index in [1.54, 1.807) is 19.2 Å². The van der Waals surface area contributed by atoms with Gasteiger partial charge in [-0.15, -0.1) is 0 Å². The first-order valence-corrected chi connectivity index (χ1v) is 4.54. The van der Waals surface area contributed by atoms with Crippen molar-refractivity contribution in [3.63, 3.8) is 0 Å². The molecule has 0 aliphatic carbocycles. The summed E-state index contributed by atoms with van der Waals surface area (Å²) in [6, 6.07) is 3.41. The third kappa shape index (κ3) is 1.72. The molecule has 2 heterocycles. The Morgan fingerprint density at radius 1 is 1.56 bits per heavy atom. The zero-order chi connectivity index (χ0) is 11.5. The topological polar surface area (TPSA) is 88.3 Å². The largest absolute Gasteiger partial charge is 0.477 e. The number of rotatable bonds is 3. The fourth-order valence-corrected chi connectivity index (χ4v) is 1.25. The highest BCUT2D eigenvalue weighted by Gasteiger charge is 2.14. The maximum absolute atomic E-state index is 10.8. The van der Waals surface area contributed by atoms with Crippen LogP contribution in [0.2, 0.25) is 0 Å². The number of aromatic carboxylic acids is 1. The molecule has 0 bridgehead atoms.